The second kappa shape index (κ2) is 8.03. The van der Waals surface area contributed by atoms with Crippen molar-refractivity contribution in [1.29, 1.82) is 0 Å². The quantitative estimate of drug-likeness (QED) is 0.491. The second-order valence-corrected chi connectivity index (χ2v) is 6.94. The first-order valence-corrected chi connectivity index (χ1v) is 9.48. The van der Waals surface area contributed by atoms with Crippen molar-refractivity contribution in [2.24, 2.45) is 0 Å². The van der Waals surface area contributed by atoms with Crippen molar-refractivity contribution in [2.45, 2.75) is 6.92 Å². The highest BCUT2D eigenvalue weighted by atomic mass is 79.9. The fourth-order valence-electron chi connectivity index (χ4n) is 2.17. The van der Waals surface area contributed by atoms with Crippen LogP contribution in [0, 0.1) is 0 Å². The highest BCUT2D eigenvalue weighted by Gasteiger charge is 2.14. The van der Waals surface area contributed by atoms with E-state index in [1.54, 1.807) is 24.5 Å². The SMILES string of the molecule is CCOc1cc(/C=C(\Cl)c2nc(-c3ccsc3)no2)cc(Br)c1OC. The van der Waals surface area contributed by atoms with Crippen LogP contribution in [-0.4, -0.2) is 23.9 Å². The van der Waals surface area contributed by atoms with Crippen molar-refractivity contribution in [1.82, 2.24) is 10.1 Å². The molecule has 0 saturated carbocycles. The summed E-state index contributed by atoms with van der Waals surface area (Å²) in [6.45, 7) is 2.44. The van der Waals surface area contributed by atoms with Crippen molar-refractivity contribution in [2.75, 3.05) is 13.7 Å². The molecule has 0 N–H and O–H groups in total. The smallest absolute Gasteiger partial charge is 0.269 e. The number of ether oxygens (including phenoxy) is 2. The monoisotopic (exact) mass is 440 g/mol. The summed E-state index contributed by atoms with van der Waals surface area (Å²) < 4.78 is 17.0. The van der Waals surface area contributed by atoms with E-state index in [2.05, 4.69) is 26.1 Å². The molecule has 3 aromatic rings. The van der Waals surface area contributed by atoms with Gasteiger partial charge >= 0.3 is 0 Å². The summed E-state index contributed by atoms with van der Waals surface area (Å²) in [6.07, 6.45) is 1.74. The molecule has 0 bridgehead atoms. The molecule has 0 radical (unpaired) electrons. The molecule has 3 rings (SSSR count). The van der Waals surface area contributed by atoms with Gasteiger partial charge in [-0.05, 0) is 58.1 Å². The van der Waals surface area contributed by atoms with Crippen LogP contribution in [0.2, 0.25) is 0 Å². The van der Waals surface area contributed by atoms with E-state index in [-0.39, 0.29) is 5.89 Å². The zero-order chi connectivity index (χ0) is 17.8. The molecular formula is C17H14BrClN2O3S. The van der Waals surface area contributed by atoms with Gasteiger partial charge in [0.25, 0.3) is 5.89 Å². The van der Waals surface area contributed by atoms with Crippen LogP contribution in [0.1, 0.15) is 18.4 Å². The Morgan fingerprint density at radius 2 is 2.28 bits per heavy atom. The van der Waals surface area contributed by atoms with Crippen LogP contribution < -0.4 is 9.47 Å². The van der Waals surface area contributed by atoms with E-state index < -0.39 is 0 Å². The third kappa shape index (κ3) is 4.05. The molecule has 2 aromatic heterocycles. The molecule has 0 spiro atoms. The average molecular weight is 442 g/mol. The standard InChI is InChI=1S/C17H14BrClN2O3S/c1-3-23-14-8-10(6-12(18)15(14)22-2)7-13(19)17-20-16(21-24-17)11-4-5-25-9-11/h4-9H,3H2,1-2H3/b13-7-. The summed E-state index contributed by atoms with van der Waals surface area (Å²) >= 11 is 11.4. The fraction of sp³-hybridized carbons (Fsp3) is 0.176. The van der Waals surface area contributed by atoms with Crippen LogP contribution in [0.3, 0.4) is 0 Å². The van der Waals surface area contributed by atoms with E-state index in [0.717, 1.165) is 15.6 Å². The van der Waals surface area contributed by atoms with E-state index in [0.29, 0.717) is 29.0 Å². The maximum Gasteiger partial charge on any atom is 0.269 e. The Morgan fingerprint density at radius 3 is 2.96 bits per heavy atom. The summed E-state index contributed by atoms with van der Waals surface area (Å²) in [5, 5.41) is 8.19. The fourth-order valence-corrected chi connectivity index (χ4v) is 3.63. The number of hydrogen-bond donors (Lipinski definition) is 0. The molecular weight excluding hydrogens is 428 g/mol. The molecule has 0 aliphatic heterocycles. The first kappa shape index (κ1) is 18.0. The number of thiophene rings is 1. The van der Waals surface area contributed by atoms with Gasteiger partial charge in [0, 0.05) is 10.9 Å². The van der Waals surface area contributed by atoms with Crippen LogP contribution in [0.15, 0.2) is 38.0 Å². The minimum atomic E-state index is 0.257. The van der Waals surface area contributed by atoms with Crippen molar-refractivity contribution in [3.05, 3.63) is 44.9 Å². The van der Waals surface area contributed by atoms with Gasteiger partial charge in [-0.2, -0.15) is 16.3 Å². The van der Waals surface area contributed by atoms with Gasteiger partial charge in [0.05, 0.1) is 18.2 Å². The molecule has 8 heteroatoms. The Labute approximate surface area is 162 Å². The number of rotatable bonds is 6. The van der Waals surface area contributed by atoms with E-state index >= 15 is 0 Å². The molecule has 2 heterocycles. The van der Waals surface area contributed by atoms with Gasteiger partial charge in [-0.3, -0.25) is 0 Å². The number of halogens is 2. The van der Waals surface area contributed by atoms with Gasteiger partial charge in [0.15, 0.2) is 11.5 Å². The number of methoxy groups -OCH3 is 1. The first-order valence-electron chi connectivity index (χ1n) is 7.36. The van der Waals surface area contributed by atoms with Gasteiger partial charge in [0.1, 0.15) is 5.03 Å². The first-order chi connectivity index (χ1) is 12.1. The van der Waals surface area contributed by atoms with Gasteiger partial charge in [-0.25, -0.2) is 0 Å². The Bertz CT molecular complexity index is 893. The lowest BCUT2D eigenvalue weighted by Gasteiger charge is -2.12. The minimum Gasteiger partial charge on any atom is -0.492 e. The van der Waals surface area contributed by atoms with Crippen molar-refractivity contribution < 1.29 is 14.0 Å². The summed E-state index contributed by atoms with van der Waals surface area (Å²) in [5.74, 6) is 2.02. The van der Waals surface area contributed by atoms with Crippen molar-refractivity contribution in [3.8, 4) is 22.9 Å². The van der Waals surface area contributed by atoms with Crippen molar-refractivity contribution in [3.63, 3.8) is 0 Å². The maximum absolute atomic E-state index is 6.35. The highest BCUT2D eigenvalue weighted by molar-refractivity contribution is 9.10. The Balaban J connectivity index is 1.92. The molecule has 0 unspecified atom stereocenters. The molecule has 5 nitrogen and oxygen atoms in total. The zero-order valence-electron chi connectivity index (χ0n) is 13.5. The number of nitrogens with zero attached hydrogens (tertiary/aromatic N) is 2. The van der Waals surface area contributed by atoms with Crippen LogP contribution >= 0.6 is 38.9 Å². The number of aromatic nitrogens is 2. The average Bonchev–Trinajstić information content (AvgIpc) is 3.26. The lowest BCUT2D eigenvalue weighted by molar-refractivity contribution is 0.310. The normalized spacial score (nSPS) is 11.6. The largest absolute Gasteiger partial charge is 0.492 e. The molecule has 0 amide bonds. The third-order valence-corrected chi connectivity index (χ3v) is 4.78. The molecule has 25 heavy (non-hydrogen) atoms. The molecule has 0 aliphatic rings. The zero-order valence-corrected chi connectivity index (χ0v) is 16.6. The third-order valence-electron chi connectivity index (χ3n) is 3.24. The molecule has 0 atom stereocenters. The summed E-state index contributed by atoms with van der Waals surface area (Å²) in [4.78, 5) is 4.32. The van der Waals surface area contributed by atoms with Crippen LogP contribution in [-0.2, 0) is 0 Å². The summed E-state index contributed by atoms with van der Waals surface area (Å²) in [7, 11) is 1.59. The van der Waals surface area contributed by atoms with Gasteiger partial charge in [-0.1, -0.05) is 16.8 Å². The Hall–Kier alpha value is -1.83. The molecule has 0 saturated heterocycles. The van der Waals surface area contributed by atoms with Crippen molar-refractivity contribution >= 4 is 50.0 Å². The van der Waals surface area contributed by atoms with E-state index in [1.165, 1.54) is 0 Å². The molecule has 1 aromatic carbocycles. The van der Waals surface area contributed by atoms with Gasteiger partial charge in [-0.15, -0.1) is 0 Å². The Morgan fingerprint density at radius 1 is 1.44 bits per heavy atom. The van der Waals surface area contributed by atoms with Crippen LogP contribution in [0.4, 0.5) is 0 Å². The second-order valence-electron chi connectivity index (χ2n) is 4.89. The van der Waals surface area contributed by atoms with E-state index in [1.807, 2.05) is 35.9 Å². The van der Waals surface area contributed by atoms with E-state index in [9.17, 15) is 0 Å². The maximum atomic E-state index is 6.35. The number of benzene rings is 1. The predicted molar refractivity (Wildman–Crippen MR) is 103 cm³/mol. The lowest BCUT2D eigenvalue weighted by Crippen LogP contribution is -1.96. The number of hydrogen-bond acceptors (Lipinski definition) is 6. The van der Waals surface area contributed by atoms with Gasteiger partial charge < -0.3 is 14.0 Å². The molecule has 0 fully saturated rings. The Kier molecular flexibility index (Phi) is 5.78. The predicted octanol–water partition coefficient (Wildman–Crippen LogP) is 5.70. The summed E-state index contributed by atoms with van der Waals surface area (Å²) in [6, 6.07) is 5.64. The highest BCUT2D eigenvalue weighted by Crippen LogP contribution is 2.37. The summed E-state index contributed by atoms with van der Waals surface area (Å²) in [5.41, 5.74) is 1.71. The van der Waals surface area contributed by atoms with Gasteiger partial charge in [0.2, 0.25) is 5.82 Å². The minimum absolute atomic E-state index is 0.257. The van der Waals surface area contributed by atoms with Crippen LogP contribution in [0.5, 0.6) is 11.5 Å². The van der Waals surface area contributed by atoms with Crippen LogP contribution in [0.25, 0.3) is 22.5 Å². The van der Waals surface area contributed by atoms with E-state index in [4.69, 9.17) is 25.6 Å². The molecule has 0 aliphatic carbocycles. The molecule has 130 valence electrons. The topological polar surface area (TPSA) is 57.4 Å². The lowest BCUT2D eigenvalue weighted by atomic mass is 10.2.